The first-order valence-corrected chi connectivity index (χ1v) is 7.64. The first-order chi connectivity index (χ1) is 11.9. The zero-order valence-electron chi connectivity index (χ0n) is 14.1. The van der Waals surface area contributed by atoms with Gasteiger partial charge in [-0.05, 0) is 19.1 Å². The molecule has 2 aromatic heterocycles. The SMILES string of the molecule is COCCOc1ccc(-c2[nH]c3c(c(C)nn3C)c(=O)c2O)c(F)c1. The molecule has 1 aromatic carbocycles. The van der Waals surface area contributed by atoms with Gasteiger partial charge in [-0.15, -0.1) is 0 Å². The van der Waals surface area contributed by atoms with Crippen LogP contribution in [-0.2, 0) is 11.8 Å². The number of nitrogens with one attached hydrogen (secondary N) is 1. The van der Waals surface area contributed by atoms with E-state index < -0.39 is 17.0 Å². The molecule has 0 saturated carbocycles. The van der Waals surface area contributed by atoms with E-state index in [2.05, 4.69) is 10.1 Å². The molecule has 0 bridgehead atoms. The number of aromatic amines is 1. The first-order valence-electron chi connectivity index (χ1n) is 7.64. The molecule has 0 spiro atoms. The second-order valence-electron chi connectivity index (χ2n) is 5.59. The quantitative estimate of drug-likeness (QED) is 0.690. The van der Waals surface area contributed by atoms with Crippen molar-refractivity contribution < 1.29 is 19.0 Å². The average Bonchev–Trinajstić information content (AvgIpc) is 2.86. The van der Waals surface area contributed by atoms with Gasteiger partial charge < -0.3 is 19.6 Å². The Labute approximate surface area is 142 Å². The Bertz CT molecular complexity index is 994. The lowest BCUT2D eigenvalue weighted by atomic mass is 10.1. The number of hydrogen-bond donors (Lipinski definition) is 2. The molecule has 2 heterocycles. The van der Waals surface area contributed by atoms with Gasteiger partial charge in [0.15, 0.2) is 5.75 Å². The van der Waals surface area contributed by atoms with Crippen molar-refractivity contribution in [1.82, 2.24) is 14.8 Å². The van der Waals surface area contributed by atoms with E-state index >= 15 is 0 Å². The highest BCUT2D eigenvalue weighted by Crippen LogP contribution is 2.31. The van der Waals surface area contributed by atoms with Crippen LogP contribution in [0.15, 0.2) is 23.0 Å². The first kappa shape index (κ1) is 17.0. The van der Waals surface area contributed by atoms with E-state index in [9.17, 15) is 14.3 Å². The minimum Gasteiger partial charge on any atom is -0.503 e. The van der Waals surface area contributed by atoms with Crippen molar-refractivity contribution in [3.63, 3.8) is 0 Å². The lowest BCUT2D eigenvalue weighted by Crippen LogP contribution is -2.07. The van der Waals surface area contributed by atoms with Crippen molar-refractivity contribution >= 4 is 11.0 Å². The maximum Gasteiger partial charge on any atom is 0.235 e. The van der Waals surface area contributed by atoms with E-state index in [0.717, 1.165) is 0 Å². The van der Waals surface area contributed by atoms with Gasteiger partial charge in [0.25, 0.3) is 0 Å². The molecule has 3 rings (SSSR count). The standard InChI is InChI=1S/C17H18FN3O4/c1-9-13-15(22)16(23)14(19-17(13)21(2)20-9)11-5-4-10(8-12(11)18)25-7-6-24-3/h4-5,8,23H,6-7H2,1-3H3,(H,19,22). The molecule has 0 unspecified atom stereocenters. The number of ether oxygens (including phenoxy) is 2. The van der Waals surface area contributed by atoms with E-state index in [1.165, 1.54) is 16.8 Å². The average molecular weight is 347 g/mol. The highest BCUT2D eigenvalue weighted by Gasteiger charge is 2.19. The number of pyridine rings is 1. The van der Waals surface area contributed by atoms with Gasteiger partial charge in [-0.3, -0.25) is 9.48 Å². The highest BCUT2D eigenvalue weighted by molar-refractivity contribution is 5.84. The second kappa shape index (κ2) is 6.56. The third kappa shape index (κ3) is 2.96. The van der Waals surface area contributed by atoms with Crippen LogP contribution in [0.2, 0.25) is 0 Å². The monoisotopic (exact) mass is 347 g/mol. The number of aryl methyl sites for hydroxylation is 2. The minimum atomic E-state index is -0.626. The molecule has 0 aliphatic rings. The minimum absolute atomic E-state index is 0.00133. The zero-order valence-corrected chi connectivity index (χ0v) is 14.1. The van der Waals surface area contributed by atoms with Crippen LogP contribution in [0, 0.1) is 12.7 Å². The second-order valence-corrected chi connectivity index (χ2v) is 5.59. The Morgan fingerprint density at radius 3 is 2.80 bits per heavy atom. The maximum absolute atomic E-state index is 14.5. The molecule has 8 heteroatoms. The molecule has 3 aromatic rings. The summed E-state index contributed by atoms with van der Waals surface area (Å²) in [4.78, 5) is 15.3. The molecule has 132 valence electrons. The number of fused-ring (bicyclic) bond motifs is 1. The number of aromatic hydroxyl groups is 1. The van der Waals surface area contributed by atoms with Gasteiger partial charge in [0, 0.05) is 25.8 Å². The van der Waals surface area contributed by atoms with E-state index in [0.29, 0.717) is 23.7 Å². The largest absolute Gasteiger partial charge is 0.503 e. The Morgan fingerprint density at radius 2 is 2.12 bits per heavy atom. The summed E-state index contributed by atoms with van der Waals surface area (Å²) in [7, 11) is 3.21. The smallest absolute Gasteiger partial charge is 0.235 e. The molecule has 25 heavy (non-hydrogen) atoms. The summed E-state index contributed by atoms with van der Waals surface area (Å²) in [6, 6.07) is 4.20. The van der Waals surface area contributed by atoms with Crippen molar-refractivity contribution in [1.29, 1.82) is 0 Å². The number of H-pyrrole nitrogens is 1. The number of nitrogens with zero attached hydrogens (tertiary/aromatic N) is 2. The third-order valence-corrected chi connectivity index (χ3v) is 3.91. The molecule has 2 N–H and O–H groups in total. The fraction of sp³-hybridized carbons (Fsp3) is 0.294. The lowest BCUT2D eigenvalue weighted by molar-refractivity contribution is 0.146. The number of halogens is 1. The predicted octanol–water partition coefficient (Wildman–Crippen LogP) is 2.11. The molecule has 0 amide bonds. The number of aromatic nitrogens is 3. The summed E-state index contributed by atoms with van der Waals surface area (Å²) in [6.45, 7) is 2.34. The summed E-state index contributed by atoms with van der Waals surface area (Å²) in [5, 5.41) is 14.7. The molecule has 0 radical (unpaired) electrons. The van der Waals surface area contributed by atoms with Gasteiger partial charge in [-0.1, -0.05) is 0 Å². The summed E-state index contributed by atoms with van der Waals surface area (Å²) >= 11 is 0. The molecule has 0 aliphatic carbocycles. The number of benzene rings is 1. The molecular weight excluding hydrogens is 329 g/mol. The van der Waals surface area contributed by atoms with E-state index in [1.54, 1.807) is 27.1 Å². The van der Waals surface area contributed by atoms with E-state index in [4.69, 9.17) is 9.47 Å². The third-order valence-electron chi connectivity index (χ3n) is 3.91. The van der Waals surface area contributed by atoms with Gasteiger partial charge in [0.05, 0.1) is 23.4 Å². The molecule has 0 aliphatic heterocycles. The number of rotatable bonds is 5. The Balaban J connectivity index is 2.09. The van der Waals surface area contributed by atoms with Gasteiger partial charge in [0.2, 0.25) is 5.43 Å². The van der Waals surface area contributed by atoms with Crippen LogP contribution in [0.25, 0.3) is 22.3 Å². The zero-order chi connectivity index (χ0) is 18.1. The Morgan fingerprint density at radius 1 is 1.36 bits per heavy atom. The predicted molar refractivity (Wildman–Crippen MR) is 90.5 cm³/mol. The summed E-state index contributed by atoms with van der Waals surface area (Å²) in [5.74, 6) is -0.841. The van der Waals surface area contributed by atoms with Crippen LogP contribution >= 0.6 is 0 Å². The Hall–Kier alpha value is -2.87. The number of hydrogen-bond acceptors (Lipinski definition) is 5. The maximum atomic E-state index is 14.5. The van der Waals surface area contributed by atoms with Crippen LogP contribution < -0.4 is 10.2 Å². The number of methoxy groups -OCH3 is 1. The molecular formula is C17H18FN3O4. The van der Waals surface area contributed by atoms with Crippen molar-refractivity contribution in [2.75, 3.05) is 20.3 Å². The fourth-order valence-corrected chi connectivity index (χ4v) is 2.71. The molecule has 0 atom stereocenters. The van der Waals surface area contributed by atoms with Crippen molar-refractivity contribution in [3.05, 3.63) is 39.9 Å². The van der Waals surface area contributed by atoms with Crippen LogP contribution in [0.3, 0.4) is 0 Å². The van der Waals surface area contributed by atoms with Crippen molar-refractivity contribution in [3.8, 4) is 22.8 Å². The van der Waals surface area contributed by atoms with E-state index in [1.807, 2.05) is 0 Å². The van der Waals surface area contributed by atoms with Crippen molar-refractivity contribution in [2.24, 2.45) is 7.05 Å². The fourth-order valence-electron chi connectivity index (χ4n) is 2.71. The summed E-state index contributed by atoms with van der Waals surface area (Å²) < 4.78 is 26.2. The Kier molecular flexibility index (Phi) is 4.45. The molecule has 0 fully saturated rings. The molecule has 7 nitrogen and oxygen atoms in total. The normalized spacial score (nSPS) is 11.2. The van der Waals surface area contributed by atoms with Crippen LogP contribution in [0.1, 0.15) is 5.69 Å². The van der Waals surface area contributed by atoms with Crippen molar-refractivity contribution in [2.45, 2.75) is 6.92 Å². The summed E-state index contributed by atoms with van der Waals surface area (Å²) in [5.41, 5.74) is 0.378. The summed E-state index contributed by atoms with van der Waals surface area (Å²) in [6.07, 6.45) is 0. The van der Waals surface area contributed by atoms with Gasteiger partial charge >= 0.3 is 0 Å². The van der Waals surface area contributed by atoms with Gasteiger partial charge in [0.1, 0.15) is 23.8 Å². The van der Waals surface area contributed by atoms with Crippen LogP contribution in [0.4, 0.5) is 4.39 Å². The van der Waals surface area contributed by atoms with Crippen LogP contribution in [-0.4, -0.2) is 40.2 Å². The highest BCUT2D eigenvalue weighted by atomic mass is 19.1. The van der Waals surface area contributed by atoms with Gasteiger partial charge in [-0.2, -0.15) is 5.10 Å². The topological polar surface area (TPSA) is 89.4 Å². The molecule has 0 saturated heterocycles. The lowest BCUT2D eigenvalue weighted by Gasteiger charge is -2.10. The van der Waals surface area contributed by atoms with Crippen LogP contribution in [0.5, 0.6) is 11.5 Å². The van der Waals surface area contributed by atoms with E-state index in [-0.39, 0.29) is 23.3 Å². The van der Waals surface area contributed by atoms with Gasteiger partial charge in [-0.25, -0.2) is 4.39 Å².